The molecule has 0 aliphatic rings. The first kappa shape index (κ1) is 14.9. The van der Waals surface area contributed by atoms with Crippen molar-refractivity contribution in [1.82, 2.24) is 9.97 Å². The molecule has 0 radical (unpaired) electrons. The van der Waals surface area contributed by atoms with Gasteiger partial charge in [-0.3, -0.25) is 0 Å². The van der Waals surface area contributed by atoms with Gasteiger partial charge in [-0.2, -0.15) is 0 Å². The number of para-hydroxylation sites is 1. The molecule has 0 N–H and O–H groups in total. The fourth-order valence-electron chi connectivity index (χ4n) is 2.56. The van der Waals surface area contributed by atoms with Gasteiger partial charge in [0.25, 0.3) is 0 Å². The molecule has 0 bridgehead atoms. The van der Waals surface area contributed by atoms with E-state index in [1.54, 1.807) is 11.8 Å². The lowest BCUT2D eigenvalue weighted by Crippen LogP contribution is -1.94. The van der Waals surface area contributed by atoms with Crippen LogP contribution in [0.15, 0.2) is 88.8 Å². The van der Waals surface area contributed by atoms with Crippen LogP contribution >= 0.6 is 11.8 Å². The van der Waals surface area contributed by atoms with Crippen molar-refractivity contribution in [3.8, 4) is 11.4 Å². The zero-order valence-corrected chi connectivity index (χ0v) is 14.1. The summed E-state index contributed by atoms with van der Waals surface area (Å²) in [5, 5.41) is 2.07. The number of fused-ring (bicyclic) bond motifs is 1. The van der Waals surface area contributed by atoms with Gasteiger partial charge in [0.2, 0.25) is 0 Å². The maximum atomic E-state index is 4.85. The molecule has 0 amide bonds. The molecule has 4 aromatic rings. The molecule has 0 aliphatic heterocycles. The number of hydrogen-bond acceptors (Lipinski definition) is 3. The second-order valence-electron chi connectivity index (χ2n) is 5.65. The number of aromatic nitrogens is 2. The van der Waals surface area contributed by atoms with Gasteiger partial charge in [-0.1, -0.05) is 78.0 Å². The summed E-state index contributed by atoms with van der Waals surface area (Å²) in [6.45, 7) is 2.09. The molecule has 3 heteroatoms. The van der Waals surface area contributed by atoms with Gasteiger partial charge in [-0.15, -0.1) is 0 Å². The lowest BCUT2D eigenvalue weighted by molar-refractivity contribution is 1.11. The first-order chi connectivity index (χ1) is 11.8. The molecule has 0 aliphatic carbocycles. The molecule has 0 unspecified atom stereocenters. The van der Waals surface area contributed by atoms with Crippen molar-refractivity contribution < 1.29 is 0 Å². The van der Waals surface area contributed by atoms with E-state index in [4.69, 9.17) is 9.97 Å². The number of nitrogens with zero attached hydrogens (tertiary/aromatic N) is 2. The molecule has 116 valence electrons. The van der Waals surface area contributed by atoms with Crippen molar-refractivity contribution in [2.24, 2.45) is 0 Å². The summed E-state index contributed by atoms with van der Waals surface area (Å²) in [5.41, 5.74) is 3.25. The van der Waals surface area contributed by atoms with Crippen LogP contribution in [0.4, 0.5) is 0 Å². The highest BCUT2D eigenvalue weighted by molar-refractivity contribution is 7.99. The normalized spacial score (nSPS) is 10.9. The Morgan fingerprint density at radius 3 is 2.21 bits per heavy atom. The van der Waals surface area contributed by atoms with Gasteiger partial charge >= 0.3 is 0 Å². The van der Waals surface area contributed by atoms with Crippen LogP contribution in [-0.4, -0.2) is 9.97 Å². The highest BCUT2D eigenvalue weighted by Gasteiger charge is 2.10. The van der Waals surface area contributed by atoms with Gasteiger partial charge in [-0.05, 0) is 25.1 Å². The van der Waals surface area contributed by atoms with Crippen LogP contribution in [0.25, 0.3) is 22.3 Å². The van der Waals surface area contributed by atoms with Crippen LogP contribution in [0.5, 0.6) is 0 Å². The Bertz CT molecular complexity index is 980. The molecule has 1 heterocycles. The summed E-state index contributed by atoms with van der Waals surface area (Å²) in [7, 11) is 0. The second-order valence-corrected chi connectivity index (χ2v) is 6.71. The monoisotopic (exact) mass is 328 g/mol. The quantitative estimate of drug-likeness (QED) is 0.447. The summed E-state index contributed by atoms with van der Waals surface area (Å²) < 4.78 is 0. The van der Waals surface area contributed by atoms with E-state index in [2.05, 4.69) is 49.4 Å². The van der Waals surface area contributed by atoms with E-state index in [1.165, 1.54) is 10.5 Å². The van der Waals surface area contributed by atoms with E-state index >= 15 is 0 Å². The topological polar surface area (TPSA) is 25.8 Å². The van der Waals surface area contributed by atoms with E-state index in [-0.39, 0.29) is 0 Å². The van der Waals surface area contributed by atoms with Gasteiger partial charge in [0.15, 0.2) is 5.82 Å². The van der Waals surface area contributed by atoms with Gasteiger partial charge < -0.3 is 0 Å². The van der Waals surface area contributed by atoms with Crippen LogP contribution in [-0.2, 0) is 0 Å². The van der Waals surface area contributed by atoms with E-state index in [1.807, 2.05) is 36.4 Å². The average molecular weight is 328 g/mol. The molecule has 0 atom stereocenters. The maximum absolute atomic E-state index is 4.85. The van der Waals surface area contributed by atoms with Crippen molar-refractivity contribution in [1.29, 1.82) is 0 Å². The Hall–Kier alpha value is -2.65. The molecule has 1 aromatic heterocycles. The summed E-state index contributed by atoms with van der Waals surface area (Å²) in [4.78, 5) is 10.8. The first-order valence-electron chi connectivity index (χ1n) is 7.86. The molecule has 0 spiro atoms. The highest BCUT2D eigenvalue weighted by Crippen LogP contribution is 2.33. The Balaban J connectivity index is 1.86. The highest BCUT2D eigenvalue weighted by atomic mass is 32.2. The van der Waals surface area contributed by atoms with Crippen LogP contribution in [0.3, 0.4) is 0 Å². The fraction of sp³-hybridized carbons (Fsp3) is 0.0476. The molecule has 0 saturated heterocycles. The van der Waals surface area contributed by atoms with E-state index in [9.17, 15) is 0 Å². The minimum atomic E-state index is 0.770. The number of aryl methyl sites for hydroxylation is 1. The summed E-state index contributed by atoms with van der Waals surface area (Å²) in [6.07, 6.45) is 0. The molecule has 4 rings (SSSR count). The van der Waals surface area contributed by atoms with Crippen molar-refractivity contribution in [2.45, 2.75) is 16.8 Å². The Labute approximate surface area is 145 Å². The van der Waals surface area contributed by atoms with Gasteiger partial charge in [0.1, 0.15) is 5.03 Å². The Kier molecular flexibility index (Phi) is 4.01. The second kappa shape index (κ2) is 6.46. The zero-order valence-electron chi connectivity index (χ0n) is 13.3. The van der Waals surface area contributed by atoms with Crippen LogP contribution in [0.2, 0.25) is 0 Å². The summed E-state index contributed by atoms with van der Waals surface area (Å²) >= 11 is 1.68. The predicted molar refractivity (Wildman–Crippen MR) is 100 cm³/mol. The molecule has 24 heavy (non-hydrogen) atoms. The summed E-state index contributed by atoms with van der Waals surface area (Å²) in [6, 6.07) is 26.9. The van der Waals surface area contributed by atoms with Crippen molar-refractivity contribution in [2.75, 3.05) is 0 Å². The fourth-order valence-corrected chi connectivity index (χ4v) is 3.49. The number of benzene rings is 3. The molecular formula is C21H16N2S. The van der Waals surface area contributed by atoms with Crippen molar-refractivity contribution in [3.63, 3.8) is 0 Å². The third kappa shape index (κ3) is 3.03. The number of rotatable bonds is 3. The van der Waals surface area contributed by atoms with Gasteiger partial charge in [0.05, 0.1) is 5.52 Å². The minimum absolute atomic E-state index is 0.770. The smallest absolute Gasteiger partial charge is 0.161 e. The largest absolute Gasteiger partial charge is 0.228 e. The van der Waals surface area contributed by atoms with E-state index in [0.29, 0.717) is 0 Å². The zero-order chi connectivity index (χ0) is 16.4. The van der Waals surface area contributed by atoms with Gasteiger partial charge in [0, 0.05) is 15.8 Å². The minimum Gasteiger partial charge on any atom is -0.228 e. The van der Waals surface area contributed by atoms with Crippen molar-refractivity contribution >= 4 is 22.7 Å². The SMILES string of the molecule is Cc1ccc(-c2nc(Sc3ccccc3)c3ccccc3n2)cc1. The predicted octanol–water partition coefficient (Wildman–Crippen LogP) is 5.76. The van der Waals surface area contributed by atoms with Crippen LogP contribution < -0.4 is 0 Å². The Morgan fingerprint density at radius 1 is 0.708 bits per heavy atom. The standard InChI is InChI=1S/C21H16N2S/c1-15-11-13-16(14-12-15)20-22-19-10-6-5-9-18(19)21(23-20)24-17-7-3-2-4-8-17/h2-14H,1H3. The van der Waals surface area contributed by atoms with Gasteiger partial charge in [-0.25, -0.2) is 9.97 Å². The molecule has 2 nitrogen and oxygen atoms in total. The lowest BCUT2D eigenvalue weighted by Gasteiger charge is -2.09. The maximum Gasteiger partial charge on any atom is 0.161 e. The van der Waals surface area contributed by atoms with E-state index < -0.39 is 0 Å². The lowest BCUT2D eigenvalue weighted by atomic mass is 10.1. The van der Waals surface area contributed by atoms with Crippen LogP contribution in [0.1, 0.15) is 5.56 Å². The molecule has 0 fully saturated rings. The molecule has 0 saturated carbocycles. The summed E-state index contributed by atoms with van der Waals surface area (Å²) in [5.74, 6) is 0.770. The third-order valence-corrected chi connectivity index (χ3v) is 4.85. The van der Waals surface area contributed by atoms with Crippen LogP contribution in [0, 0.1) is 6.92 Å². The third-order valence-electron chi connectivity index (χ3n) is 3.84. The first-order valence-corrected chi connectivity index (χ1v) is 8.68. The average Bonchev–Trinajstić information content (AvgIpc) is 2.63. The number of hydrogen-bond donors (Lipinski definition) is 0. The van der Waals surface area contributed by atoms with Crippen molar-refractivity contribution in [3.05, 3.63) is 84.4 Å². The Morgan fingerprint density at radius 2 is 1.42 bits per heavy atom. The van der Waals surface area contributed by atoms with E-state index in [0.717, 1.165) is 27.3 Å². The molecule has 3 aromatic carbocycles. The molecular weight excluding hydrogens is 312 g/mol.